The van der Waals surface area contributed by atoms with E-state index in [1.165, 1.54) is 12.1 Å². The molecule has 0 bridgehead atoms. The molecule has 0 aliphatic carbocycles. The molecule has 0 aliphatic heterocycles. The largest absolute Gasteiger partial charge is 0.383 e. The van der Waals surface area contributed by atoms with Crippen LogP contribution in [-0.2, 0) is 9.53 Å². The van der Waals surface area contributed by atoms with E-state index in [1.54, 1.807) is 7.11 Å². The fourth-order valence-corrected chi connectivity index (χ4v) is 1.29. The molecule has 6 heteroatoms. The SMILES string of the molecule is COCCNC(=O)CNc1cc(F)cc(C#N)c1. The summed E-state index contributed by atoms with van der Waals surface area (Å²) in [5.41, 5.74) is 0.603. The summed E-state index contributed by atoms with van der Waals surface area (Å²) in [6.45, 7) is 0.867. The number of nitriles is 1. The molecule has 1 amide bonds. The van der Waals surface area contributed by atoms with Crippen LogP contribution in [0.4, 0.5) is 10.1 Å². The molecule has 0 fully saturated rings. The Balaban J connectivity index is 2.46. The van der Waals surface area contributed by atoms with Crippen LogP contribution in [-0.4, -0.2) is 32.7 Å². The fourth-order valence-electron chi connectivity index (χ4n) is 1.29. The van der Waals surface area contributed by atoms with Gasteiger partial charge in [0.05, 0.1) is 24.8 Å². The zero-order valence-electron chi connectivity index (χ0n) is 10.00. The highest BCUT2D eigenvalue weighted by Crippen LogP contribution is 2.12. The highest BCUT2D eigenvalue weighted by Gasteiger charge is 2.03. The maximum atomic E-state index is 13.1. The van der Waals surface area contributed by atoms with E-state index in [9.17, 15) is 9.18 Å². The monoisotopic (exact) mass is 251 g/mol. The molecule has 96 valence electrons. The van der Waals surface area contributed by atoms with Crippen molar-refractivity contribution in [1.29, 1.82) is 5.26 Å². The van der Waals surface area contributed by atoms with Crippen molar-refractivity contribution >= 4 is 11.6 Å². The van der Waals surface area contributed by atoms with Crippen LogP contribution in [0.5, 0.6) is 0 Å². The molecule has 0 saturated carbocycles. The minimum absolute atomic E-state index is 0.0119. The first-order valence-electron chi connectivity index (χ1n) is 5.36. The number of ether oxygens (including phenoxy) is 1. The lowest BCUT2D eigenvalue weighted by Crippen LogP contribution is -2.32. The molecule has 1 aromatic carbocycles. The van der Waals surface area contributed by atoms with Crippen LogP contribution in [0.15, 0.2) is 18.2 Å². The first-order chi connectivity index (χ1) is 8.65. The topological polar surface area (TPSA) is 74.2 Å². The number of anilines is 1. The molecule has 5 nitrogen and oxygen atoms in total. The number of hydrogen-bond acceptors (Lipinski definition) is 4. The molecule has 0 spiro atoms. The Morgan fingerprint density at radius 1 is 1.50 bits per heavy atom. The van der Waals surface area contributed by atoms with Crippen molar-refractivity contribution in [1.82, 2.24) is 5.32 Å². The van der Waals surface area contributed by atoms with Crippen LogP contribution >= 0.6 is 0 Å². The van der Waals surface area contributed by atoms with E-state index >= 15 is 0 Å². The van der Waals surface area contributed by atoms with Crippen LogP contribution in [0.1, 0.15) is 5.56 Å². The van der Waals surface area contributed by atoms with E-state index in [-0.39, 0.29) is 18.0 Å². The van der Waals surface area contributed by atoms with Crippen molar-refractivity contribution in [3.05, 3.63) is 29.6 Å². The number of nitrogens with zero attached hydrogens (tertiary/aromatic N) is 1. The molecule has 0 heterocycles. The number of benzene rings is 1. The standard InChI is InChI=1S/C12H14FN3O2/c1-18-3-2-15-12(17)8-16-11-5-9(7-14)4-10(13)6-11/h4-6,16H,2-3,8H2,1H3,(H,15,17). The Labute approximate surface area is 105 Å². The number of hydrogen-bond donors (Lipinski definition) is 2. The van der Waals surface area contributed by atoms with Crippen molar-refractivity contribution < 1.29 is 13.9 Å². The predicted molar refractivity (Wildman–Crippen MR) is 64.5 cm³/mol. The van der Waals surface area contributed by atoms with Gasteiger partial charge in [-0.25, -0.2) is 4.39 Å². The normalized spacial score (nSPS) is 9.61. The third-order valence-electron chi connectivity index (χ3n) is 2.11. The van der Waals surface area contributed by atoms with E-state index in [1.807, 2.05) is 6.07 Å². The third-order valence-corrected chi connectivity index (χ3v) is 2.11. The van der Waals surface area contributed by atoms with E-state index in [4.69, 9.17) is 10.00 Å². The maximum Gasteiger partial charge on any atom is 0.239 e. The van der Waals surface area contributed by atoms with Crippen LogP contribution < -0.4 is 10.6 Å². The molecule has 0 aromatic heterocycles. The molecule has 2 N–H and O–H groups in total. The summed E-state index contributed by atoms with van der Waals surface area (Å²) >= 11 is 0. The van der Waals surface area contributed by atoms with Gasteiger partial charge in [0.1, 0.15) is 5.82 Å². The third kappa shape index (κ3) is 4.80. The number of amides is 1. The van der Waals surface area contributed by atoms with Gasteiger partial charge in [0.15, 0.2) is 0 Å². The van der Waals surface area contributed by atoms with E-state index in [2.05, 4.69) is 10.6 Å². The lowest BCUT2D eigenvalue weighted by atomic mass is 10.2. The second kappa shape index (κ2) is 7.25. The molecule has 18 heavy (non-hydrogen) atoms. The minimum Gasteiger partial charge on any atom is -0.383 e. The summed E-state index contributed by atoms with van der Waals surface area (Å²) in [4.78, 5) is 11.3. The van der Waals surface area contributed by atoms with Crippen molar-refractivity contribution in [2.75, 3.05) is 32.1 Å². The average Bonchev–Trinajstić information content (AvgIpc) is 2.36. The fraction of sp³-hybridized carbons (Fsp3) is 0.333. The van der Waals surface area contributed by atoms with Gasteiger partial charge in [0.25, 0.3) is 0 Å². The van der Waals surface area contributed by atoms with Gasteiger partial charge in [-0.2, -0.15) is 5.26 Å². The molecule has 0 aliphatic rings. The Kier molecular flexibility index (Phi) is 5.61. The van der Waals surface area contributed by atoms with Gasteiger partial charge in [-0.15, -0.1) is 0 Å². The second-order valence-electron chi connectivity index (χ2n) is 3.54. The minimum atomic E-state index is -0.517. The molecule has 0 saturated heterocycles. The molecular weight excluding hydrogens is 237 g/mol. The molecule has 0 unspecified atom stereocenters. The zero-order chi connectivity index (χ0) is 13.4. The van der Waals surface area contributed by atoms with Gasteiger partial charge in [0, 0.05) is 19.3 Å². The summed E-state index contributed by atoms with van der Waals surface area (Å²) in [5.74, 6) is -0.744. The van der Waals surface area contributed by atoms with Crippen LogP contribution in [0.25, 0.3) is 0 Å². The number of rotatable bonds is 6. The zero-order valence-corrected chi connectivity index (χ0v) is 10.00. The average molecular weight is 251 g/mol. The first kappa shape index (κ1) is 13.9. The van der Waals surface area contributed by atoms with Crippen molar-refractivity contribution in [3.8, 4) is 6.07 Å². The van der Waals surface area contributed by atoms with Crippen molar-refractivity contribution in [3.63, 3.8) is 0 Å². The van der Waals surface area contributed by atoms with E-state index < -0.39 is 5.82 Å². The number of carbonyl (C=O) groups excluding carboxylic acids is 1. The van der Waals surface area contributed by atoms with Gasteiger partial charge in [-0.05, 0) is 18.2 Å². The van der Waals surface area contributed by atoms with E-state index in [0.29, 0.717) is 18.8 Å². The molecular formula is C12H14FN3O2. The summed E-state index contributed by atoms with van der Waals surface area (Å²) < 4.78 is 17.9. The van der Waals surface area contributed by atoms with E-state index in [0.717, 1.165) is 6.07 Å². The number of carbonyl (C=O) groups is 1. The number of nitrogens with one attached hydrogen (secondary N) is 2. The van der Waals surface area contributed by atoms with Crippen LogP contribution in [0.3, 0.4) is 0 Å². The lowest BCUT2D eigenvalue weighted by molar-refractivity contribution is -0.119. The smallest absolute Gasteiger partial charge is 0.239 e. The summed E-state index contributed by atoms with van der Waals surface area (Å²) in [7, 11) is 1.54. The molecule has 1 rings (SSSR count). The summed E-state index contributed by atoms with van der Waals surface area (Å²) in [6, 6.07) is 5.67. The number of methoxy groups -OCH3 is 1. The second-order valence-corrected chi connectivity index (χ2v) is 3.54. The Hall–Kier alpha value is -2.13. The van der Waals surface area contributed by atoms with Gasteiger partial charge >= 0.3 is 0 Å². The van der Waals surface area contributed by atoms with Gasteiger partial charge in [-0.1, -0.05) is 0 Å². The Morgan fingerprint density at radius 3 is 2.94 bits per heavy atom. The molecule has 0 atom stereocenters. The maximum absolute atomic E-state index is 13.1. The van der Waals surface area contributed by atoms with Gasteiger partial charge in [0.2, 0.25) is 5.91 Å². The number of halogens is 1. The van der Waals surface area contributed by atoms with Crippen LogP contribution in [0, 0.1) is 17.1 Å². The first-order valence-corrected chi connectivity index (χ1v) is 5.36. The van der Waals surface area contributed by atoms with Gasteiger partial charge < -0.3 is 15.4 Å². The lowest BCUT2D eigenvalue weighted by Gasteiger charge is -2.07. The quantitative estimate of drug-likeness (QED) is 0.736. The predicted octanol–water partition coefficient (Wildman–Crippen LogP) is 0.872. The molecule has 0 radical (unpaired) electrons. The highest BCUT2D eigenvalue weighted by molar-refractivity contribution is 5.80. The van der Waals surface area contributed by atoms with Crippen molar-refractivity contribution in [2.24, 2.45) is 0 Å². The summed E-state index contributed by atoms with van der Waals surface area (Å²) in [6.07, 6.45) is 0. The Bertz CT molecular complexity index is 457. The summed E-state index contributed by atoms with van der Waals surface area (Å²) in [5, 5.41) is 14.0. The Morgan fingerprint density at radius 2 is 2.28 bits per heavy atom. The highest BCUT2D eigenvalue weighted by atomic mass is 19.1. The van der Waals surface area contributed by atoms with Crippen LogP contribution in [0.2, 0.25) is 0 Å². The molecule has 1 aromatic rings. The van der Waals surface area contributed by atoms with Gasteiger partial charge in [-0.3, -0.25) is 4.79 Å². The van der Waals surface area contributed by atoms with Crippen molar-refractivity contribution in [2.45, 2.75) is 0 Å².